The Morgan fingerprint density at radius 1 is 0.846 bits per heavy atom. The first-order valence-electron chi connectivity index (χ1n) is 14.3. The SMILES string of the molecule is C/C=C/C1CCC(c2ccc(OC(=O)c3ccc4cc(C5CCC(/C=C/C)CC5)oc(=O)c4c3F)cc2)CC1. The fourth-order valence-electron chi connectivity index (χ4n) is 6.37. The number of hydrogen-bond donors (Lipinski definition) is 0. The Bertz CT molecular complexity index is 1420. The van der Waals surface area contributed by atoms with Gasteiger partial charge in [-0.3, -0.25) is 0 Å². The van der Waals surface area contributed by atoms with E-state index >= 15 is 4.39 Å². The first-order valence-corrected chi connectivity index (χ1v) is 14.3. The molecule has 0 radical (unpaired) electrons. The number of halogens is 1. The minimum Gasteiger partial charge on any atom is -0.427 e. The smallest absolute Gasteiger partial charge is 0.346 e. The number of carbonyl (C=O) groups is 1. The van der Waals surface area contributed by atoms with Crippen LogP contribution >= 0.6 is 0 Å². The van der Waals surface area contributed by atoms with Crippen LogP contribution in [0, 0.1) is 17.7 Å². The van der Waals surface area contributed by atoms with Crippen LogP contribution in [0.1, 0.15) is 98.7 Å². The van der Waals surface area contributed by atoms with Gasteiger partial charge in [0.25, 0.3) is 0 Å². The Morgan fingerprint density at radius 2 is 1.44 bits per heavy atom. The highest BCUT2D eigenvalue weighted by Gasteiger charge is 2.26. The van der Waals surface area contributed by atoms with Gasteiger partial charge in [0, 0.05) is 5.92 Å². The molecule has 2 saturated carbocycles. The molecule has 0 N–H and O–H groups in total. The third-order valence-electron chi connectivity index (χ3n) is 8.54. The van der Waals surface area contributed by atoms with E-state index in [1.54, 1.807) is 24.3 Å². The zero-order valence-corrected chi connectivity index (χ0v) is 22.8. The second-order valence-corrected chi connectivity index (χ2v) is 11.1. The van der Waals surface area contributed by atoms with E-state index in [-0.39, 0.29) is 16.9 Å². The van der Waals surface area contributed by atoms with Crippen LogP contribution in [0.4, 0.5) is 4.39 Å². The fraction of sp³-hybridized carbons (Fsp3) is 0.412. The number of rotatable bonds is 6. The second kappa shape index (κ2) is 12.1. The van der Waals surface area contributed by atoms with Gasteiger partial charge in [-0.15, -0.1) is 0 Å². The molecular weight excluding hydrogens is 491 g/mol. The van der Waals surface area contributed by atoms with Gasteiger partial charge in [0.15, 0.2) is 5.82 Å². The van der Waals surface area contributed by atoms with Crippen LogP contribution in [0.5, 0.6) is 5.75 Å². The average molecular weight is 529 g/mol. The van der Waals surface area contributed by atoms with Crippen molar-refractivity contribution in [3.05, 3.63) is 99.9 Å². The molecule has 0 bridgehead atoms. The molecule has 2 fully saturated rings. The van der Waals surface area contributed by atoms with Crippen molar-refractivity contribution in [2.75, 3.05) is 0 Å². The summed E-state index contributed by atoms with van der Waals surface area (Å²) in [5, 5.41) is 0.235. The van der Waals surface area contributed by atoms with Crippen molar-refractivity contribution in [3.8, 4) is 5.75 Å². The lowest BCUT2D eigenvalue weighted by atomic mass is 9.78. The Labute approximate surface area is 229 Å². The van der Waals surface area contributed by atoms with E-state index in [2.05, 4.69) is 31.2 Å². The van der Waals surface area contributed by atoms with Crippen LogP contribution in [0.25, 0.3) is 10.8 Å². The second-order valence-electron chi connectivity index (χ2n) is 11.1. The summed E-state index contributed by atoms with van der Waals surface area (Å²) in [6.07, 6.45) is 17.3. The lowest BCUT2D eigenvalue weighted by Crippen LogP contribution is -2.16. The van der Waals surface area contributed by atoms with E-state index in [0.29, 0.717) is 34.6 Å². The Balaban J connectivity index is 1.28. The Kier molecular flexibility index (Phi) is 8.44. The number of hydrogen-bond acceptors (Lipinski definition) is 4. The van der Waals surface area contributed by atoms with E-state index < -0.39 is 17.4 Å². The van der Waals surface area contributed by atoms with Gasteiger partial charge in [-0.25, -0.2) is 14.0 Å². The van der Waals surface area contributed by atoms with Crippen LogP contribution in [0.3, 0.4) is 0 Å². The van der Waals surface area contributed by atoms with Gasteiger partial charge in [-0.2, -0.15) is 0 Å². The van der Waals surface area contributed by atoms with Gasteiger partial charge in [0.2, 0.25) is 0 Å². The topological polar surface area (TPSA) is 56.5 Å². The van der Waals surface area contributed by atoms with Crippen molar-refractivity contribution >= 4 is 16.7 Å². The maximum atomic E-state index is 15.4. The number of allylic oxidation sites excluding steroid dienone is 4. The third-order valence-corrected chi connectivity index (χ3v) is 8.54. The molecule has 1 heterocycles. The number of ether oxygens (including phenoxy) is 1. The minimum absolute atomic E-state index is 0.141. The number of esters is 1. The van der Waals surface area contributed by atoms with Crippen molar-refractivity contribution in [2.45, 2.75) is 77.0 Å². The van der Waals surface area contributed by atoms with Crippen LogP contribution in [-0.2, 0) is 0 Å². The molecule has 2 aliphatic rings. The highest BCUT2D eigenvalue weighted by Crippen LogP contribution is 2.38. The van der Waals surface area contributed by atoms with Gasteiger partial charge in [0.05, 0.1) is 5.56 Å². The van der Waals surface area contributed by atoms with E-state index in [4.69, 9.17) is 9.15 Å². The molecule has 1 aromatic heterocycles. The van der Waals surface area contributed by atoms with Gasteiger partial charge in [-0.1, -0.05) is 42.5 Å². The van der Waals surface area contributed by atoms with Gasteiger partial charge < -0.3 is 9.15 Å². The zero-order valence-electron chi connectivity index (χ0n) is 22.8. The van der Waals surface area contributed by atoms with Gasteiger partial charge in [-0.05, 0) is 118 Å². The first-order chi connectivity index (χ1) is 19.0. The molecule has 5 rings (SSSR count). The predicted octanol–water partition coefficient (Wildman–Crippen LogP) is 8.85. The largest absolute Gasteiger partial charge is 0.427 e. The summed E-state index contributed by atoms with van der Waals surface area (Å²) >= 11 is 0. The predicted molar refractivity (Wildman–Crippen MR) is 153 cm³/mol. The summed E-state index contributed by atoms with van der Waals surface area (Å²) in [4.78, 5) is 25.7. The average Bonchev–Trinajstić information content (AvgIpc) is 2.94. The summed E-state index contributed by atoms with van der Waals surface area (Å²) < 4.78 is 26.5. The molecule has 0 unspecified atom stereocenters. The maximum absolute atomic E-state index is 15.4. The molecule has 3 aromatic rings. The molecule has 0 amide bonds. The summed E-state index contributed by atoms with van der Waals surface area (Å²) in [5.41, 5.74) is 0.203. The third kappa shape index (κ3) is 6.08. The Hall–Kier alpha value is -3.47. The molecule has 5 heteroatoms. The zero-order chi connectivity index (χ0) is 27.4. The summed E-state index contributed by atoms with van der Waals surface area (Å²) in [5.74, 6) is 1.08. The molecular formula is C34H37FO4. The maximum Gasteiger partial charge on any atom is 0.346 e. The summed E-state index contributed by atoms with van der Waals surface area (Å²) in [6.45, 7) is 4.10. The van der Waals surface area contributed by atoms with Crippen molar-refractivity contribution in [2.24, 2.45) is 11.8 Å². The molecule has 0 spiro atoms. The van der Waals surface area contributed by atoms with Crippen LogP contribution < -0.4 is 10.4 Å². The van der Waals surface area contributed by atoms with Crippen molar-refractivity contribution in [1.82, 2.24) is 0 Å². The van der Waals surface area contributed by atoms with Crippen LogP contribution in [-0.4, -0.2) is 5.97 Å². The molecule has 0 aliphatic heterocycles. The van der Waals surface area contributed by atoms with E-state index in [0.717, 1.165) is 38.5 Å². The molecule has 0 saturated heterocycles. The number of carbonyl (C=O) groups excluding carboxylic acids is 1. The lowest BCUT2D eigenvalue weighted by Gasteiger charge is -2.27. The van der Waals surface area contributed by atoms with Gasteiger partial charge >= 0.3 is 11.6 Å². The number of benzene rings is 2. The molecule has 0 atom stereocenters. The van der Waals surface area contributed by atoms with Gasteiger partial charge in [0.1, 0.15) is 16.9 Å². The summed E-state index contributed by atoms with van der Waals surface area (Å²) in [7, 11) is 0. The Morgan fingerprint density at radius 3 is 2.03 bits per heavy atom. The lowest BCUT2D eigenvalue weighted by molar-refractivity contribution is 0.0730. The highest BCUT2D eigenvalue weighted by molar-refractivity contribution is 5.96. The van der Waals surface area contributed by atoms with E-state index in [9.17, 15) is 9.59 Å². The van der Waals surface area contributed by atoms with Crippen molar-refractivity contribution < 1.29 is 18.3 Å². The normalized spacial score (nSPS) is 24.0. The molecule has 4 nitrogen and oxygen atoms in total. The summed E-state index contributed by atoms with van der Waals surface area (Å²) in [6, 6.07) is 12.2. The van der Waals surface area contributed by atoms with E-state index in [1.165, 1.54) is 24.5 Å². The van der Waals surface area contributed by atoms with Crippen molar-refractivity contribution in [3.63, 3.8) is 0 Å². The molecule has 204 valence electrons. The van der Waals surface area contributed by atoms with Crippen LogP contribution in [0.2, 0.25) is 0 Å². The standard InChI is InChI=1S/C34H37FO4/c1-3-5-22-7-11-24(12-8-22)25-15-18-28(19-16-25)38-33(36)29-20-17-27-21-30(39-34(37)31(27)32(29)35)26-13-9-23(6-4-2)10-14-26/h3-6,15-24,26H,7-14H2,1-2H3/b5-3+,6-4+. The minimum atomic E-state index is -0.899. The monoisotopic (exact) mass is 528 g/mol. The first kappa shape index (κ1) is 27.1. The van der Waals surface area contributed by atoms with Crippen molar-refractivity contribution in [1.29, 1.82) is 0 Å². The molecule has 2 aromatic carbocycles. The van der Waals surface area contributed by atoms with Crippen LogP contribution in [0.15, 0.2) is 76.0 Å². The molecule has 2 aliphatic carbocycles. The highest BCUT2D eigenvalue weighted by atomic mass is 19.1. The van der Waals surface area contributed by atoms with E-state index in [1.807, 2.05) is 19.1 Å². The quantitative estimate of drug-likeness (QED) is 0.182. The molecule has 39 heavy (non-hydrogen) atoms. The fourth-order valence-corrected chi connectivity index (χ4v) is 6.37. The number of fused-ring (bicyclic) bond motifs is 1.